The summed E-state index contributed by atoms with van der Waals surface area (Å²) in [5, 5.41) is 9.32. The van der Waals surface area contributed by atoms with Gasteiger partial charge in [-0.25, -0.2) is 0 Å². The van der Waals surface area contributed by atoms with Crippen molar-refractivity contribution in [3.63, 3.8) is 0 Å². The van der Waals surface area contributed by atoms with Gasteiger partial charge in [0, 0.05) is 30.2 Å². The molecule has 4 heteroatoms. The lowest BCUT2D eigenvalue weighted by Crippen LogP contribution is -2.24. The molecule has 0 aliphatic heterocycles. The lowest BCUT2D eigenvalue weighted by molar-refractivity contribution is 0.475. The Labute approximate surface area is 106 Å². The van der Waals surface area contributed by atoms with E-state index >= 15 is 0 Å². The molecule has 0 fully saturated rings. The number of anilines is 3. The zero-order valence-corrected chi connectivity index (χ0v) is 10.1. The number of nitrogens with zero attached hydrogens (tertiary/aromatic N) is 1. The Bertz CT molecular complexity index is 448. The van der Waals surface area contributed by atoms with E-state index in [1.54, 1.807) is 12.1 Å². The van der Waals surface area contributed by atoms with Crippen LogP contribution in [-0.4, -0.2) is 18.2 Å². The van der Waals surface area contributed by atoms with Crippen LogP contribution < -0.4 is 16.4 Å². The Hall–Kier alpha value is -2.20. The standard InChI is InChI=1S/C14H17N3O/c15-9-10-17(12-3-1-11(16)2-4-12)13-5-7-14(18)8-6-13/h1-8,18H,9-10,15-16H2. The fraction of sp³-hybridized carbons (Fsp3) is 0.143. The third kappa shape index (κ3) is 2.73. The second-order valence-corrected chi connectivity index (χ2v) is 4.05. The molecule has 2 rings (SSSR count). The highest BCUT2D eigenvalue weighted by Gasteiger charge is 2.08. The number of hydrogen-bond donors (Lipinski definition) is 3. The number of hydrogen-bond acceptors (Lipinski definition) is 4. The van der Waals surface area contributed by atoms with Gasteiger partial charge >= 0.3 is 0 Å². The molecule has 0 aromatic heterocycles. The van der Waals surface area contributed by atoms with Crippen molar-refractivity contribution < 1.29 is 5.11 Å². The SMILES string of the molecule is NCCN(c1ccc(N)cc1)c1ccc(O)cc1. The van der Waals surface area contributed by atoms with Gasteiger partial charge in [0.15, 0.2) is 0 Å². The molecule has 0 aliphatic carbocycles. The van der Waals surface area contributed by atoms with Gasteiger partial charge in [-0.05, 0) is 48.5 Å². The Morgan fingerprint density at radius 2 is 1.39 bits per heavy atom. The van der Waals surface area contributed by atoms with Crippen LogP contribution in [0.15, 0.2) is 48.5 Å². The second kappa shape index (κ2) is 5.42. The first-order chi connectivity index (χ1) is 8.70. The summed E-state index contributed by atoms with van der Waals surface area (Å²) in [5.74, 6) is 0.253. The molecule has 0 radical (unpaired) electrons. The van der Waals surface area contributed by atoms with E-state index in [0.717, 1.165) is 17.1 Å². The Balaban J connectivity index is 2.33. The lowest BCUT2D eigenvalue weighted by atomic mass is 10.2. The lowest BCUT2D eigenvalue weighted by Gasteiger charge is -2.24. The van der Waals surface area contributed by atoms with Gasteiger partial charge in [0.1, 0.15) is 5.75 Å². The molecule has 0 amide bonds. The van der Waals surface area contributed by atoms with Crippen molar-refractivity contribution in [1.29, 1.82) is 0 Å². The second-order valence-electron chi connectivity index (χ2n) is 4.05. The van der Waals surface area contributed by atoms with E-state index < -0.39 is 0 Å². The average molecular weight is 243 g/mol. The number of benzene rings is 2. The van der Waals surface area contributed by atoms with Crippen LogP contribution in [0.1, 0.15) is 0 Å². The van der Waals surface area contributed by atoms with Crippen LogP contribution in [0, 0.1) is 0 Å². The summed E-state index contributed by atoms with van der Waals surface area (Å²) >= 11 is 0. The van der Waals surface area contributed by atoms with Crippen molar-refractivity contribution in [2.75, 3.05) is 23.7 Å². The molecule has 0 bridgehead atoms. The average Bonchev–Trinajstić information content (AvgIpc) is 2.39. The van der Waals surface area contributed by atoms with E-state index in [4.69, 9.17) is 11.5 Å². The number of aromatic hydroxyl groups is 1. The van der Waals surface area contributed by atoms with E-state index in [1.165, 1.54) is 0 Å². The maximum absolute atomic E-state index is 9.32. The summed E-state index contributed by atoms with van der Waals surface area (Å²) in [7, 11) is 0. The maximum atomic E-state index is 9.32. The minimum atomic E-state index is 0.253. The van der Waals surface area contributed by atoms with Crippen LogP contribution in [0.2, 0.25) is 0 Å². The van der Waals surface area contributed by atoms with Gasteiger partial charge in [0.05, 0.1) is 0 Å². The maximum Gasteiger partial charge on any atom is 0.115 e. The zero-order valence-electron chi connectivity index (χ0n) is 10.1. The molecule has 5 N–H and O–H groups in total. The summed E-state index contributed by atoms with van der Waals surface area (Å²) in [6.07, 6.45) is 0. The monoisotopic (exact) mass is 243 g/mol. The number of phenolic OH excluding ortho intramolecular Hbond substituents is 1. The van der Waals surface area contributed by atoms with E-state index in [-0.39, 0.29) is 5.75 Å². The molecule has 0 saturated carbocycles. The Morgan fingerprint density at radius 1 is 0.889 bits per heavy atom. The van der Waals surface area contributed by atoms with Crippen LogP contribution in [0.25, 0.3) is 0 Å². The normalized spacial score (nSPS) is 10.3. The minimum absolute atomic E-state index is 0.253. The summed E-state index contributed by atoms with van der Waals surface area (Å²) in [4.78, 5) is 2.08. The van der Waals surface area contributed by atoms with Crippen LogP contribution in [0.3, 0.4) is 0 Å². The van der Waals surface area contributed by atoms with Crippen molar-refractivity contribution in [2.24, 2.45) is 5.73 Å². The van der Waals surface area contributed by atoms with Gasteiger partial charge in [-0.15, -0.1) is 0 Å². The van der Waals surface area contributed by atoms with Crippen molar-refractivity contribution in [1.82, 2.24) is 0 Å². The zero-order chi connectivity index (χ0) is 13.0. The third-order valence-corrected chi connectivity index (χ3v) is 2.72. The largest absolute Gasteiger partial charge is 0.508 e. The topological polar surface area (TPSA) is 75.5 Å². The predicted molar refractivity (Wildman–Crippen MR) is 75.0 cm³/mol. The molecule has 2 aromatic carbocycles. The van der Waals surface area contributed by atoms with Crippen LogP contribution in [0.4, 0.5) is 17.1 Å². The molecule has 2 aromatic rings. The van der Waals surface area contributed by atoms with Crippen molar-refractivity contribution in [3.8, 4) is 5.75 Å². The molecule has 0 unspecified atom stereocenters. The molecule has 94 valence electrons. The van der Waals surface area contributed by atoms with Crippen molar-refractivity contribution >= 4 is 17.1 Å². The number of nitrogen functional groups attached to an aromatic ring is 1. The number of nitrogens with two attached hydrogens (primary N) is 2. The fourth-order valence-electron chi connectivity index (χ4n) is 1.82. The first kappa shape index (κ1) is 12.3. The molecular weight excluding hydrogens is 226 g/mol. The van der Waals surface area contributed by atoms with Crippen LogP contribution in [-0.2, 0) is 0 Å². The predicted octanol–water partition coefficient (Wildman–Crippen LogP) is 2.07. The summed E-state index contributed by atoms with van der Waals surface area (Å²) in [5.41, 5.74) is 14.1. The molecule has 0 spiro atoms. The molecule has 4 nitrogen and oxygen atoms in total. The van der Waals surface area contributed by atoms with E-state index in [9.17, 15) is 5.11 Å². The van der Waals surface area contributed by atoms with Gasteiger partial charge in [0.2, 0.25) is 0 Å². The molecule has 0 heterocycles. The van der Waals surface area contributed by atoms with Crippen LogP contribution in [0.5, 0.6) is 5.75 Å². The van der Waals surface area contributed by atoms with E-state index in [1.807, 2.05) is 36.4 Å². The first-order valence-electron chi connectivity index (χ1n) is 5.83. The summed E-state index contributed by atoms with van der Waals surface area (Å²) in [6, 6.07) is 14.7. The highest BCUT2D eigenvalue weighted by molar-refractivity contribution is 5.65. The van der Waals surface area contributed by atoms with Gasteiger partial charge < -0.3 is 21.5 Å². The van der Waals surface area contributed by atoms with Gasteiger partial charge in [-0.3, -0.25) is 0 Å². The van der Waals surface area contributed by atoms with Gasteiger partial charge in [0.25, 0.3) is 0 Å². The quantitative estimate of drug-likeness (QED) is 0.718. The Morgan fingerprint density at radius 3 is 1.89 bits per heavy atom. The fourth-order valence-corrected chi connectivity index (χ4v) is 1.82. The van der Waals surface area contributed by atoms with Crippen molar-refractivity contribution in [2.45, 2.75) is 0 Å². The molecule has 18 heavy (non-hydrogen) atoms. The molecule has 0 atom stereocenters. The van der Waals surface area contributed by atoms with Gasteiger partial charge in [-0.1, -0.05) is 0 Å². The first-order valence-corrected chi connectivity index (χ1v) is 5.83. The number of phenols is 1. The Kier molecular flexibility index (Phi) is 3.69. The van der Waals surface area contributed by atoms with E-state index in [0.29, 0.717) is 13.1 Å². The summed E-state index contributed by atoms with van der Waals surface area (Å²) in [6.45, 7) is 1.25. The van der Waals surface area contributed by atoms with E-state index in [2.05, 4.69) is 4.90 Å². The minimum Gasteiger partial charge on any atom is -0.508 e. The highest BCUT2D eigenvalue weighted by Crippen LogP contribution is 2.27. The van der Waals surface area contributed by atoms with Crippen LogP contribution >= 0.6 is 0 Å². The third-order valence-electron chi connectivity index (χ3n) is 2.72. The molecule has 0 aliphatic rings. The van der Waals surface area contributed by atoms with Crippen molar-refractivity contribution in [3.05, 3.63) is 48.5 Å². The van der Waals surface area contributed by atoms with Gasteiger partial charge in [-0.2, -0.15) is 0 Å². The summed E-state index contributed by atoms with van der Waals surface area (Å²) < 4.78 is 0. The highest BCUT2D eigenvalue weighted by atomic mass is 16.3. The smallest absolute Gasteiger partial charge is 0.115 e. The molecule has 0 saturated heterocycles. The molecular formula is C14H17N3O. The number of rotatable bonds is 4.